The minimum absolute atomic E-state index is 0.217. The summed E-state index contributed by atoms with van der Waals surface area (Å²) in [5.74, 6) is 1.27. The van der Waals surface area contributed by atoms with Gasteiger partial charge < -0.3 is 11.1 Å². The monoisotopic (exact) mass is 250 g/mol. The predicted octanol–water partition coefficient (Wildman–Crippen LogP) is 2.86. The molecule has 1 aliphatic carbocycles. The minimum atomic E-state index is 0.217. The summed E-state index contributed by atoms with van der Waals surface area (Å²) < 4.78 is 0. The molecule has 1 aromatic carbocycles. The Labute approximate surface area is 108 Å². The number of hydrogen-bond acceptors (Lipinski definition) is 3. The highest BCUT2D eigenvalue weighted by Crippen LogP contribution is 2.36. The second kappa shape index (κ2) is 6.43. The van der Waals surface area contributed by atoms with Gasteiger partial charge in [-0.1, -0.05) is 24.3 Å². The molecule has 0 fully saturated rings. The Balaban J connectivity index is 1.83. The van der Waals surface area contributed by atoms with Gasteiger partial charge in [-0.05, 0) is 48.9 Å². The number of hydrogen-bond donors (Lipinski definition) is 2. The Morgan fingerprint density at radius 1 is 1.29 bits per heavy atom. The topological polar surface area (TPSA) is 38.0 Å². The van der Waals surface area contributed by atoms with Crippen LogP contribution in [0.25, 0.3) is 0 Å². The van der Waals surface area contributed by atoms with E-state index in [1.54, 1.807) is 0 Å². The van der Waals surface area contributed by atoms with E-state index in [0.717, 1.165) is 13.0 Å². The number of fused-ring (bicyclic) bond motifs is 1. The summed E-state index contributed by atoms with van der Waals surface area (Å²) >= 11 is 1.93. The van der Waals surface area contributed by atoms with E-state index >= 15 is 0 Å². The number of benzene rings is 1. The molecule has 0 spiro atoms. The van der Waals surface area contributed by atoms with Crippen LogP contribution in [0.3, 0.4) is 0 Å². The van der Waals surface area contributed by atoms with E-state index in [9.17, 15) is 0 Å². The van der Waals surface area contributed by atoms with E-state index < -0.39 is 0 Å². The lowest BCUT2D eigenvalue weighted by molar-refractivity contribution is 0.491. The molecule has 0 bridgehead atoms. The maximum absolute atomic E-state index is 6.15. The Morgan fingerprint density at radius 3 is 2.82 bits per heavy atom. The van der Waals surface area contributed by atoms with Gasteiger partial charge in [0.2, 0.25) is 0 Å². The number of unbranched alkanes of at least 4 members (excludes halogenated alkanes) is 1. The van der Waals surface area contributed by atoms with E-state index in [0.29, 0.717) is 6.04 Å². The van der Waals surface area contributed by atoms with Gasteiger partial charge >= 0.3 is 0 Å². The first-order chi connectivity index (χ1) is 8.33. The lowest BCUT2D eigenvalue weighted by Crippen LogP contribution is -2.21. The van der Waals surface area contributed by atoms with Crippen molar-refractivity contribution in [1.82, 2.24) is 5.32 Å². The first-order valence-corrected chi connectivity index (χ1v) is 7.79. The van der Waals surface area contributed by atoms with Gasteiger partial charge in [0.05, 0.1) is 0 Å². The predicted molar refractivity (Wildman–Crippen MR) is 76.3 cm³/mol. The maximum atomic E-state index is 6.15. The van der Waals surface area contributed by atoms with Crippen LogP contribution >= 0.6 is 11.8 Å². The van der Waals surface area contributed by atoms with E-state index in [1.807, 2.05) is 11.8 Å². The summed E-state index contributed by atoms with van der Waals surface area (Å²) in [6.07, 6.45) is 5.77. The van der Waals surface area contributed by atoms with E-state index in [-0.39, 0.29) is 6.04 Å². The number of nitrogens with two attached hydrogens (primary N) is 1. The van der Waals surface area contributed by atoms with Gasteiger partial charge in [0.25, 0.3) is 0 Å². The summed E-state index contributed by atoms with van der Waals surface area (Å²) in [5.41, 5.74) is 8.88. The normalized spacial score (nSPS) is 22.7. The average Bonchev–Trinajstić information content (AvgIpc) is 2.67. The fraction of sp³-hybridized carbons (Fsp3) is 0.571. The lowest BCUT2D eigenvalue weighted by Gasteiger charge is -2.13. The summed E-state index contributed by atoms with van der Waals surface area (Å²) in [4.78, 5) is 0. The van der Waals surface area contributed by atoms with Gasteiger partial charge in [0.1, 0.15) is 0 Å². The van der Waals surface area contributed by atoms with Crippen molar-refractivity contribution in [2.45, 2.75) is 31.3 Å². The zero-order chi connectivity index (χ0) is 12.1. The molecule has 17 heavy (non-hydrogen) atoms. The van der Waals surface area contributed by atoms with Crippen molar-refractivity contribution in [3.8, 4) is 0 Å². The molecule has 0 aliphatic heterocycles. The smallest absolute Gasteiger partial charge is 0.0341 e. The molecular weight excluding hydrogens is 228 g/mol. The van der Waals surface area contributed by atoms with Crippen molar-refractivity contribution < 1.29 is 0 Å². The van der Waals surface area contributed by atoms with Gasteiger partial charge in [-0.2, -0.15) is 11.8 Å². The van der Waals surface area contributed by atoms with Crippen LogP contribution in [0.4, 0.5) is 0 Å². The van der Waals surface area contributed by atoms with Crippen LogP contribution in [0.5, 0.6) is 0 Å². The van der Waals surface area contributed by atoms with Crippen LogP contribution in [0.1, 0.15) is 42.5 Å². The van der Waals surface area contributed by atoms with Gasteiger partial charge in [-0.15, -0.1) is 0 Å². The van der Waals surface area contributed by atoms with Gasteiger partial charge in [0.15, 0.2) is 0 Å². The molecular formula is C14H22N2S. The fourth-order valence-electron chi connectivity index (χ4n) is 2.51. The molecule has 0 amide bonds. The van der Waals surface area contributed by atoms with Crippen LogP contribution in [-0.4, -0.2) is 18.6 Å². The maximum Gasteiger partial charge on any atom is 0.0341 e. The summed E-state index contributed by atoms with van der Waals surface area (Å²) in [7, 11) is 0. The SMILES string of the molecule is CSCCCCNC1CC(N)c2ccccc21. The second-order valence-electron chi connectivity index (χ2n) is 4.68. The highest BCUT2D eigenvalue weighted by Gasteiger charge is 2.27. The highest BCUT2D eigenvalue weighted by molar-refractivity contribution is 7.98. The zero-order valence-electron chi connectivity index (χ0n) is 10.5. The van der Waals surface area contributed by atoms with Gasteiger partial charge in [0, 0.05) is 12.1 Å². The van der Waals surface area contributed by atoms with E-state index in [1.165, 1.54) is 29.7 Å². The van der Waals surface area contributed by atoms with Crippen LogP contribution in [-0.2, 0) is 0 Å². The lowest BCUT2D eigenvalue weighted by atomic mass is 10.1. The first kappa shape index (κ1) is 12.9. The molecule has 2 nitrogen and oxygen atoms in total. The molecule has 1 aromatic rings. The van der Waals surface area contributed by atoms with Gasteiger partial charge in [-0.3, -0.25) is 0 Å². The highest BCUT2D eigenvalue weighted by atomic mass is 32.2. The van der Waals surface area contributed by atoms with Crippen molar-refractivity contribution >= 4 is 11.8 Å². The molecule has 0 saturated heterocycles. The molecule has 0 heterocycles. The molecule has 1 aliphatic rings. The van der Waals surface area contributed by atoms with Crippen molar-refractivity contribution in [3.05, 3.63) is 35.4 Å². The molecule has 3 N–H and O–H groups in total. The quantitative estimate of drug-likeness (QED) is 0.762. The minimum Gasteiger partial charge on any atom is -0.324 e. The average molecular weight is 250 g/mol. The number of nitrogens with one attached hydrogen (secondary N) is 1. The number of rotatable bonds is 6. The molecule has 3 heteroatoms. The largest absolute Gasteiger partial charge is 0.324 e. The van der Waals surface area contributed by atoms with Crippen LogP contribution in [0, 0.1) is 0 Å². The number of thioether (sulfide) groups is 1. The molecule has 0 aromatic heterocycles. The first-order valence-electron chi connectivity index (χ1n) is 6.39. The van der Waals surface area contributed by atoms with Crippen molar-refractivity contribution in [3.63, 3.8) is 0 Å². The van der Waals surface area contributed by atoms with Crippen LogP contribution in [0.15, 0.2) is 24.3 Å². The van der Waals surface area contributed by atoms with Crippen LogP contribution < -0.4 is 11.1 Å². The second-order valence-corrected chi connectivity index (χ2v) is 5.66. The van der Waals surface area contributed by atoms with E-state index in [4.69, 9.17) is 5.73 Å². The summed E-state index contributed by atoms with van der Waals surface area (Å²) in [6.45, 7) is 1.10. The van der Waals surface area contributed by atoms with Crippen molar-refractivity contribution in [2.75, 3.05) is 18.6 Å². The molecule has 0 saturated carbocycles. The summed E-state index contributed by atoms with van der Waals surface area (Å²) in [5, 5.41) is 3.64. The Bertz CT molecular complexity index is 354. The fourth-order valence-corrected chi connectivity index (χ4v) is 3.01. The zero-order valence-corrected chi connectivity index (χ0v) is 11.3. The third kappa shape index (κ3) is 3.24. The Hall–Kier alpha value is -0.510. The molecule has 94 valence electrons. The Kier molecular flexibility index (Phi) is 4.89. The molecule has 0 radical (unpaired) electrons. The van der Waals surface area contributed by atoms with Crippen molar-refractivity contribution in [2.24, 2.45) is 5.73 Å². The van der Waals surface area contributed by atoms with Crippen LogP contribution in [0.2, 0.25) is 0 Å². The third-order valence-electron chi connectivity index (χ3n) is 3.43. The molecule has 2 atom stereocenters. The standard InChI is InChI=1S/C14H22N2S/c1-17-9-5-4-8-16-14-10-13(15)11-6-2-3-7-12(11)14/h2-3,6-7,13-14,16H,4-5,8-10,15H2,1H3. The van der Waals surface area contributed by atoms with E-state index in [2.05, 4.69) is 35.8 Å². The summed E-state index contributed by atoms with van der Waals surface area (Å²) in [6, 6.07) is 9.25. The molecule has 2 unspecified atom stereocenters. The van der Waals surface area contributed by atoms with Gasteiger partial charge in [-0.25, -0.2) is 0 Å². The molecule has 2 rings (SSSR count). The Morgan fingerprint density at radius 2 is 2.06 bits per heavy atom. The third-order valence-corrected chi connectivity index (χ3v) is 4.12. The van der Waals surface area contributed by atoms with Crippen molar-refractivity contribution in [1.29, 1.82) is 0 Å².